The summed E-state index contributed by atoms with van der Waals surface area (Å²) in [5, 5.41) is 12.0. The largest absolute Gasteiger partial charge is 0.368 e. The van der Waals surface area contributed by atoms with Crippen molar-refractivity contribution < 1.29 is 0 Å². The fraction of sp³-hybridized carbons (Fsp3) is 0.500. The molecule has 1 spiro atoms. The smallest absolute Gasteiger partial charge is 0.325 e. The molecule has 4 rings (SSSR count). The van der Waals surface area contributed by atoms with Gasteiger partial charge in [0.2, 0.25) is 0 Å². The molecule has 2 saturated heterocycles. The van der Waals surface area contributed by atoms with Crippen molar-refractivity contribution in [2.75, 3.05) is 24.5 Å². The highest BCUT2D eigenvalue weighted by atomic mass is 16.2. The van der Waals surface area contributed by atoms with Crippen LogP contribution in [0.1, 0.15) is 25.0 Å². The molecular formula is C16H20N6O2. The van der Waals surface area contributed by atoms with Gasteiger partial charge in [-0.05, 0) is 38.8 Å². The maximum atomic E-state index is 12.0. The first-order valence-electron chi connectivity index (χ1n) is 8.23. The SMILES string of the molecule is Cc1nnc(-c2c[nH]c(=O)[nH]c2=O)cc1N1CCC2(CCCN2)C1. The second-order valence-electron chi connectivity index (χ2n) is 6.67. The number of H-pyrrole nitrogens is 2. The molecule has 126 valence electrons. The summed E-state index contributed by atoms with van der Waals surface area (Å²) < 4.78 is 0. The van der Waals surface area contributed by atoms with Gasteiger partial charge in [0.25, 0.3) is 5.56 Å². The first-order valence-corrected chi connectivity index (χ1v) is 8.23. The number of anilines is 1. The third-order valence-electron chi connectivity index (χ3n) is 5.07. The predicted molar refractivity (Wildman–Crippen MR) is 90.2 cm³/mol. The molecule has 3 N–H and O–H groups in total. The maximum absolute atomic E-state index is 12.0. The van der Waals surface area contributed by atoms with Crippen molar-refractivity contribution in [3.05, 3.63) is 38.8 Å². The molecule has 0 aromatic carbocycles. The van der Waals surface area contributed by atoms with Crippen molar-refractivity contribution in [1.29, 1.82) is 0 Å². The predicted octanol–water partition coefficient (Wildman–Crippen LogP) is 0.161. The number of hydrogen-bond donors (Lipinski definition) is 3. The molecular weight excluding hydrogens is 308 g/mol. The van der Waals surface area contributed by atoms with Gasteiger partial charge < -0.3 is 15.2 Å². The molecule has 0 amide bonds. The average molecular weight is 328 g/mol. The number of nitrogens with one attached hydrogen (secondary N) is 3. The molecule has 0 radical (unpaired) electrons. The second kappa shape index (κ2) is 5.55. The van der Waals surface area contributed by atoms with Gasteiger partial charge >= 0.3 is 5.69 Å². The van der Waals surface area contributed by atoms with Crippen LogP contribution >= 0.6 is 0 Å². The molecule has 2 aromatic rings. The summed E-state index contributed by atoms with van der Waals surface area (Å²) in [6.45, 7) is 4.91. The molecule has 4 heterocycles. The van der Waals surface area contributed by atoms with E-state index in [0.29, 0.717) is 11.3 Å². The molecule has 8 nitrogen and oxygen atoms in total. The number of aromatic amines is 2. The van der Waals surface area contributed by atoms with Crippen molar-refractivity contribution >= 4 is 5.69 Å². The second-order valence-corrected chi connectivity index (χ2v) is 6.67. The van der Waals surface area contributed by atoms with Gasteiger partial charge in [0.05, 0.1) is 16.9 Å². The molecule has 24 heavy (non-hydrogen) atoms. The van der Waals surface area contributed by atoms with E-state index in [2.05, 4.69) is 30.4 Å². The van der Waals surface area contributed by atoms with Crippen LogP contribution in [-0.4, -0.2) is 45.3 Å². The molecule has 2 aliphatic rings. The van der Waals surface area contributed by atoms with E-state index in [1.807, 2.05) is 13.0 Å². The van der Waals surface area contributed by atoms with E-state index in [4.69, 9.17) is 0 Å². The zero-order valence-electron chi connectivity index (χ0n) is 13.6. The monoisotopic (exact) mass is 328 g/mol. The van der Waals surface area contributed by atoms with Gasteiger partial charge in [0.1, 0.15) is 5.69 Å². The number of aromatic nitrogens is 4. The Morgan fingerprint density at radius 3 is 2.88 bits per heavy atom. The van der Waals surface area contributed by atoms with Crippen LogP contribution in [0.3, 0.4) is 0 Å². The Bertz CT molecular complexity index is 881. The van der Waals surface area contributed by atoms with Crippen LogP contribution < -0.4 is 21.5 Å². The van der Waals surface area contributed by atoms with E-state index in [0.717, 1.165) is 37.4 Å². The zero-order chi connectivity index (χ0) is 16.7. The van der Waals surface area contributed by atoms with E-state index < -0.39 is 11.2 Å². The van der Waals surface area contributed by atoms with E-state index in [9.17, 15) is 9.59 Å². The summed E-state index contributed by atoms with van der Waals surface area (Å²) in [5.41, 5.74) is 1.84. The van der Waals surface area contributed by atoms with Gasteiger partial charge in [-0.25, -0.2) is 4.79 Å². The third kappa shape index (κ3) is 2.52. The number of hydrogen-bond acceptors (Lipinski definition) is 6. The minimum Gasteiger partial charge on any atom is -0.368 e. The third-order valence-corrected chi connectivity index (χ3v) is 5.07. The van der Waals surface area contributed by atoms with Crippen LogP contribution in [0.25, 0.3) is 11.3 Å². The minimum absolute atomic E-state index is 0.214. The lowest BCUT2D eigenvalue weighted by atomic mass is 9.97. The van der Waals surface area contributed by atoms with Crippen LogP contribution in [0, 0.1) is 6.92 Å². The zero-order valence-corrected chi connectivity index (χ0v) is 13.6. The summed E-state index contributed by atoms with van der Waals surface area (Å²) in [4.78, 5) is 30.2. The first-order chi connectivity index (χ1) is 11.6. The van der Waals surface area contributed by atoms with Gasteiger partial charge in [-0.15, -0.1) is 5.10 Å². The van der Waals surface area contributed by atoms with Crippen LogP contribution in [0.4, 0.5) is 5.69 Å². The van der Waals surface area contributed by atoms with E-state index in [1.165, 1.54) is 19.0 Å². The summed E-state index contributed by atoms with van der Waals surface area (Å²) in [7, 11) is 0. The Morgan fingerprint density at radius 2 is 2.12 bits per heavy atom. The highest BCUT2D eigenvalue weighted by molar-refractivity contribution is 5.64. The number of nitrogens with zero attached hydrogens (tertiary/aromatic N) is 3. The number of rotatable bonds is 2. The molecule has 0 aliphatic carbocycles. The van der Waals surface area contributed by atoms with Gasteiger partial charge in [-0.1, -0.05) is 0 Å². The van der Waals surface area contributed by atoms with Crippen molar-refractivity contribution in [2.45, 2.75) is 31.7 Å². The average Bonchev–Trinajstić information content (AvgIpc) is 3.19. The highest BCUT2D eigenvalue weighted by Crippen LogP contribution is 2.34. The van der Waals surface area contributed by atoms with Crippen LogP contribution in [0.15, 0.2) is 21.9 Å². The van der Waals surface area contributed by atoms with Crippen LogP contribution in [0.2, 0.25) is 0 Å². The van der Waals surface area contributed by atoms with Gasteiger partial charge in [0, 0.05) is 24.8 Å². The van der Waals surface area contributed by atoms with Gasteiger partial charge in [0.15, 0.2) is 0 Å². The molecule has 0 bridgehead atoms. The molecule has 1 unspecified atom stereocenters. The van der Waals surface area contributed by atoms with Gasteiger partial charge in [-0.2, -0.15) is 5.10 Å². The van der Waals surface area contributed by atoms with Crippen molar-refractivity contribution in [3.63, 3.8) is 0 Å². The summed E-state index contributed by atoms with van der Waals surface area (Å²) >= 11 is 0. The van der Waals surface area contributed by atoms with Crippen molar-refractivity contribution in [2.24, 2.45) is 0 Å². The Labute approximate surface area is 138 Å². The van der Waals surface area contributed by atoms with Gasteiger partial charge in [-0.3, -0.25) is 9.78 Å². The highest BCUT2D eigenvalue weighted by Gasteiger charge is 2.40. The van der Waals surface area contributed by atoms with E-state index >= 15 is 0 Å². The molecule has 8 heteroatoms. The fourth-order valence-electron chi connectivity index (χ4n) is 3.79. The lowest BCUT2D eigenvalue weighted by molar-refractivity contribution is 0.419. The van der Waals surface area contributed by atoms with Crippen molar-refractivity contribution in [3.8, 4) is 11.3 Å². The number of aryl methyl sites for hydroxylation is 1. The Kier molecular flexibility index (Phi) is 3.49. The normalized spacial score (nSPS) is 23.3. The standard InChI is InChI=1S/C16H20N6O2/c1-10-13(22-6-4-16(9-22)3-2-5-18-16)7-12(21-20-10)11-8-17-15(24)19-14(11)23/h7-8,18H,2-6,9H2,1H3,(H2,17,19,23,24). The molecule has 0 saturated carbocycles. The quantitative estimate of drug-likeness (QED) is 0.725. The summed E-state index contributed by atoms with van der Waals surface area (Å²) in [5.74, 6) is 0. The minimum atomic E-state index is -0.530. The van der Waals surface area contributed by atoms with Crippen LogP contribution in [0.5, 0.6) is 0 Å². The topological polar surface area (TPSA) is 107 Å². The molecule has 1 atom stereocenters. The van der Waals surface area contributed by atoms with Crippen molar-refractivity contribution in [1.82, 2.24) is 25.5 Å². The fourth-order valence-corrected chi connectivity index (χ4v) is 3.79. The molecule has 2 fully saturated rings. The molecule has 2 aromatic heterocycles. The Morgan fingerprint density at radius 1 is 1.25 bits per heavy atom. The lowest BCUT2D eigenvalue weighted by Gasteiger charge is -2.26. The Hall–Kier alpha value is -2.48. The van der Waals surface area contributed by atoms with E-state index in [1.54, 1.807) is 0 Å². The maximum Gasteiger partial charge on any atom is 0.325 e. The Balaban J connectivity index is 1.69. The lowest BCUT2D eigenvalue weighted by Crippen LogP contribution is -2.42. The first kappa shape index (κ1) is 15.1. The van der Waals surface area contributed by atoms with E-state index in [-0.39, 0.29) is 5.54 Å². The summed E-state index contributed by atoms with van der Waals surface area (Å²) in [6, 6.07) is 1.89. The van der Waals surface area contributed by atoms with Crippen LogP contribution in [-0.2, 0) is 0 Å². The molecule has 2 aliphatic heterocycles. The summed E-state index contributed by atoms with van der Waals surface area (Å²) in [6.07, 6.45) is 4.92.